The summed E-state index contributed by atoms with van der Waals surface area (Å²) >= 11 is 0. The molecule has 0 radical (unpaired) electrons. The Morgan fingerprint density at radius 3 is 2.47 bits per heavy atom. The fourth-order valence-corrected chi connectivity index (χ4v) is 9.54. The predicted molar refractivity (Wildman–Crippen MR) is 117 cm³/mol. The van der Waals surface area contributed by atoms with E-state index in [9.17, 15) is 15.3 Å². The molecule has 4 heteroatoms. The Labute approximate surface area is 183 Å². The van der Waals surface area contributed by atoms with Crippen LogP contribution < -0.4 is 0 Å². The fourth-order valence-electron chi connectivity index (χ4n) is 9.54. The number of aliphatic hydroxyl groups is 3. The third-order valence-corrected chi connectivity index (χ3v) is 10.8. The van der Waals surface area contributed by atoms with Crippen LogP contribution in [0.3, 0.4) is 0 Å². The molecule has 170 valence electrons. The summed E-state index contributed by atoms with van der Waals surface area (Å²) in [5.41, 5.74) is 0.0567. The molecule has 0 saturated heterocycles. The van der Waals surface area contributed by atoms with Crippen molar-refractivity contribution in [3.8, 4) is 6.07 Å². The lowest BCUT2D eigenvalue weighted by Gasteiger charge is -2.66. The van der Waals surface area contributed by atoms with Crippen molar-refractivity contribution in [1.82, 2.24) is 0 Å². The van der Waals surface area contributed by atoms with Crippen LogP contribution in [0, 0.1) is 63.6 Å². The Bertz CT molecular complexity index is 676. The Morgan fingerprint density at radius 2 is 1.80 bits per heavy atom. The third-order valence-electron chi connectivity index (χ3n) is 10.8. The van der Waals surface area contributed by atoms with Crippen LogP contribution in [0.1, 0.15) is 85.5 Å². The zero-order chi connectivity index (χ0) is 21.8. The van der Waals surface area contributed by atoms with E-state index in [0.29, 0.717) is 30.1 Å². The average Bonchev–Trinajstić information content (AvgIpc) is 3.04. The first-order valence-corrected chi connectivity index (χ1v) is 12.6. The lowest BCUT2D eigenvalue weighted by atomic mass is 9.40. The first-order valence-electron chi connectivity index (χ1n) is 12.6. The number of hydrogen-bond acceptors (Lipinski definition) is 4. The summed E-state index contributed by atoms with van der Waals surface area (Å²) in [6.07, 6.45) is 7.16. The summed E-state index contributed by atoms with van der Waals surface area (Å²) in [6.45, 7) is 9.23. The number of rotatable bonds is 4. The molecule has 0 aromatic carbocycles. The Kier molecular flexibility index (Phi) is 6.06. The maximum absolute atomic E-state index is 11.7. The van der Waals surface area contributed by atoms with Gasteiger partial charge in [-0.25, -0.2) is 0 Å². The minimum atomic E-state index is -0.379. The van der Waals surface area contributed by atoms with Gasteiger partial charge in [-0.2, -0.15) is 5.26 Å². The van der Waals surface area contributed by atoms with Crippen molar-refractivity contribution in [3.63, 3.8) is 0 Å². The molecule has 30 heavy (non-hydrogen) atoms. The molecule has 12 atom stereocenters. The fraction of sp³-hybridized carbons (Fsp3) is 0.962. The van der Waals surface area contributed by atoms with Gasteiger partial charge in [0.1, 0.15) is 0 Å². The van der Waals surface area contributed by atoms with Crippen molar-refractivity contribution < 1.29 is 15.3 Å². The summed E-state index contributed by atoms with van der Waals surface area (Å²) in [7, 11) is 0. The van der Waals surface area contributed by atoms with Gasteiger partial charge in [-0.15, -0.1) is 0 Å². The summed E-state index contributed by atoms with van der Waals surface area (Å²) in [5.74, 6) is 2.28. The molecule has 4 saturated carbocycles. The van der Waals surface area contributed by atoms with E-state index in [1.54, 1.807) is 0 Å². The van der Waals surface area contributed by atoms with Crippen molar-refractivity contribution >= 4 is 0 Å². The van der Waals surface area contributed by atoms with E-state index in [4.69, 9.17) is 5.26 Å². The van der Waals surface area contributed by atoms with E-state index in [1.165, 1.54) is 0 Å². The van der Waals surface area contributed by atoms with Gasteiger partial charge in [0.2, 0.25) is 0 Å². The SMILES string of the molecule is CC[C@H]1[C@@H](O)C2C3CC[C@H]([C@H](C)CC[14C]#N)[C@@]3(C)C[C@H](O)C2[C@@]2(C)CC[C@@H](O)C[C@@H]12. The van der Waals surface area contributed by atoms with Gasteiger partial charge < -0.3 is 15.3 Å². The minimum Gasteiger partial charge on any atom is -0.393 e. The first kappa shape index (κ1) is 22.6. The summed E-state index contributed by atoms with van der Waals surface area (Å²) < 4.78 is 0. The summed E-state index contributed by atoms with van der Waals surface area (Å²) in [4.78, 5) is 0. The van der Waals surface area contributed by atoms with Crippen LogP contribution in [0.4, 0.5) is 0 Å². The lowest BCUT2D eigenvalue weighted by molar-refractivity contribution is -0.235. The zero-order valence-electron chi connectivity index (χ0n) is 19.4. The van der Waals surface area contributed by atoms with Crippen LogP contribution in [0.25, 0.3) is 0 Å². The minimum absolute atomic E-state index is 0.00899. The van der Waals surface area contributed by atoms with E-state index in [0.717, 1.165) is 51.4 Å². The maximum Gasteiger partial charge on any atom is 0.0621 e. The first-order chi connectivity index (χ1) is 14.2. The molecule has 0 bridgehead atoms. The van der Waals surface area contributed by atoms with Crippen LogP contribution >= 0.6 is 0 Å². The number of nitriles is 1. The second-order valence-electron chi connectivity index (χ2n) is 11.9. The molecule has 4 rings (SSSR count). The topological polar surface area (TPSA) is 84.5 Å². The molecule has 3 N–H and O–H groups in total. The number of nitrogens with zero attached hydrogens (tertiary/aromatic N) is 1. The molecule has 0 spiro atoms. The normalized spacial score (nSPS) is 53.9. The van der Waals surface area contributed by atoms with E-state index in [1.807, 2.05) is 0 Å². The van der Waals surface area contributed by atoms with Crippen LogP contribution in [-0.4, -0.2) is 33.6 Å². The molecule has 0 aromatic rings. The maximum atomic E-state index is 11.7. The second-order valence-corrected chi connectivity index (χ2v) is 11.9. The number of hydrogen-bond donors (Lipinski definition) is 3. The molecule has 4 aliphatic rings. The van der Waals surface area contributed by atoms with Crippen LogP contribution in [-0.2, 0) is 0 Å². The average molecular weight is 420 g/mol. The van der Waals surface area contributed by atoms with Crippen molar-refractivity contribution in [2.24, 2.45) is 52.3 Å². The molecule has 0 heterocycles. The highest BCUT2D eigenvalue weighted by Crippen LogP contribution is 2.69. The number of fused-ring (bicyclic) bond motifs is 5. The van der Waals surface area contributed by atoms with Crippen molar-refractivity contribution in [1.29, 1.82) is 5.26 Å². The monoisotopic (exact) mass is 419 g/mol. The highest BCUT2D eigenvalue weighted by atomic mass is 16.3. The van der Waals surface area contributed by atoms with Gasteiger partial charge in [-0.1, -0.05) is 34.1 Å². The molecular weight excluding hydrogens is 376 g/mol. The van der Waals surface area contributed by atoms with Gasteiger partial charge in [0.25, 0.3) is 0 Å². The molecule has 3 unspecified atom stereocenters. The zero-order valence-corrected chi connectivity index (χ0v) is 19.4. The summed E-state index contributed by atoms with van der Waals surface area (Å²) in [6, 6.07) is 2.31. The highest BCUT2D eigenvalue weighted by molar-refractivity contribution is 5.15. The Balaban J connectivity index is 1.69. The van der Waals surface area contributed by atoms with Crippen LogP contribution in [0.2, 0.25) is 0 Å². The van der Waals surface area contributed by atoms with Crippen molar-refractivity contribution in [2.45, 2.75) is 104 Å². The van der Waals surface area contributed by atoms with Gasteiger partial charge in [0.15, 0.2) is 0 Å². The number of aliphatic hydroxyl groups excluding tert-OH is 3. The van der Waals surface area contributed by atoms with Gasteiger partial charge in [0.05, 0.1) is 24.4 Å². The van der Waals surface area contributed by atoms with Gasteiger partial charge >= 0.3 is 0 Å². The molecule has 4 nitrogen and oxygen atoms in total. The quantitative estimate of drug-likeness (QED) is 0.625. The third kappa shape index (κ3) is 3.18. The van der Waals surface area contributed by atoms with Crippen molar-refractivity contribution in [2.75, 3.05) is 0 Å². The summed E-state index contributed by atoms with van der Waals surface area (Å²) in [5, 5.41) is 42.8. The van der Waals surface area contributed by atoms with E-state index < -0.39 is 0 Å². The highest BCUT2D eigenvalue weighted by Gasteiger charge is 2.67. The van der Waals surface area contributed by atoms with Gasteiger partial charge in [0, 0.05) is 6.42 Å². The van der Waals surface area contributed by atoms with E-state index >= 15 is 0 Å². The molecule has 0 aromatic heterocycles. The smallest absolute Gasteiger partial charge is 0.0621 e. The molecule has 0 aliphatic heterocycles. The van der Waals surface area contributed by atoms with Gasteiger partial charge in [-0.05, 0) is 97.2 Å². The second kappa shape index (κ2) is 8.05. The molecule has 4 aliphatic carbocycles. The Morgan fingerprint density at radius 1 is 1.07 bits per heavy atom. The predicted octanol–water partition coefficient (Wildman–Crippen LogP) is 4.52. The van der Waals surface area contributed by atoms with E-state index in [-0.39, 0.29) is 46.9 Å². The largest absolute Gasteiger partial charge is 0.393 e. The standard InChI is InChI=1S/C26H43NO3/c1-5-17-20-13-16(28)10-11-25(20,3)23-21(29)14-26(4)18(15(2)7-6-12-27)8-9-19(26)22(23)24(17)30/h15-24,28-30H,5-11,13-14H2,1-4H3/t15-,16-,17-,18-,19?,20+,21+,22?,23?,24-,25+,26-/m1/s1/i12+2. The molecule has 0 amide bonds. The van der Waals surface area contributed by atoms with Gasteiger partial charge in [-0.3, -0.25) is 0 Å². The van der Waals surface area contributed by atoms with Crippen molar-refractivity contribution in [3.05, 3.63) is 0 Å². The lowest BCUT2D eigenvalue weighted by Crippen LogP contribution is -2.65. The molecule has 4 fully saturated rings. The molecular formula is C26H43NO3. The van der Waals surface area contributed by atoms with E-state index in [2.05, 4.69) is 33.8 Å². The van der Waals surface area contributed by atoms with Crippen LogP contribution in [0.15, 0.2) is 0 Å². The Hall–Kier alpha value is -0.630. The van der Waals surface area contributed by atoms with Crippen LogP contribution in [0.5, 0.6) is 0 Å².